The molecule has 0 radical (unpaired) electrons. The average Bonchev–Trinajstić information content (AvgIpc) is 4.06. The average molecular weight is 979 g/mol. The van der Waals surface area contributed by atoms with Gasteiger partial charge < -0.3 is 19.9 Å². The van der Waals surface area contributed by atoms with Gasteiger partial charge in [-0.2, -0.15) is 0 Å². The van der Waals surface area contributed by atoms with Crippen LogP contribution in [0.5, 0.6) is 0 Å². The molecular weight excluding hydrogens is 932 g/mol. The molecule has 10 aromatic carbocycles. The molecule has 3 N–H and O–H groups in total. The second-order valence-corrected chi connectivity index (χ2v) is 20.0. The van der Waals surface area contributed by atoms with Crippen LogP contribution in [0.1, 0.15) is 49.9 Å². The molecule has 0 saturated heterocycles. The van der Waals surface area contributed by atoms with Crippen molar-refractivity contribution >= 4 is 105 Å². The van der Waals surface area contributed by atoms with E-state index in [1.807, 2.05) is 30.3 Å². The van der Waals surface area contributed by atoms with E-state index in [4.69, 9.17) is 14.6 Å². The van der Waals surface area contributed by atoms with Crippen LogP contribution in [-0.4, -0.2) is 0 Å². The Morgan fingerprint density at radius 2 is 0.866 bits per heavy atom. The zero-order chi connectivity index (χ0) is 45.6. The first-order valence-corrected chi connectivity index (χ1v) is 24.0. The van der Waals surface area contributed by atoms with Crippen LogP contribution in [0.3, 0.4) is 0 Å². The molecule has 2 aromatic heterocycles. The topological polar surface area (TPSA) is 64.3 Å². The molecule has 12 aromatic rings. The number of halogens is 1. The standard InChI is InChI=1S/C31H23NO.C16H9IO.C15H15N/c1-31(2)25-13-7-5-11-22(25)23-16-15-20(18-26(23)31)32-27-17-19-9-3-4-10-21(19)29-24-12-6-8-14-28(24)33-30(27)29;17-13-9-10-5-1-2-6-11(10)15-12-7-3-4-8-14(12)18-16(13)15;1-15(2)13-6-4-3-5-11(13)12-8-7-10(16)9-14(12)15/h3-18,32H,1-2H3;1-9H;3-9H,16H2,1-2H3. The number of furan rings is 2. The summed E-state index contributed by atoms with van der Waals surface area (Å²) in [5.41, 5.74) is 23.5. The number of fused-ring (bicyclic) bond motifs is 16. The minimum Gasteiger partial charge on any atom is -0.455 e. The van der Waals surface area contributed by atoms with Crippen molar-refractivity contribution in [1.29, 1.82) is 0 Å². The second-order valence-electron chi connectivity index (χ2n) is 18.9. The third kappa shape index (κ3) is 6.62. The van der Waals surface area contributed by atoms with E-state index < -0.39 is 0 Å². The van der Waals surface area contributed by atoms with Gasteiger partial charge in [-0.05, 0) is 137 Å². The quantitative estimate of drug-likeness (QED) is 0.134. The number of nitrogens with one attached hydrogen (secondary N) is 1. The Kier molecular flexibility index (Phi) is 9.59. The number of anilines is 3. The molecule has 0 spiro atoms. The lowest BCUT2D eigenvalue weighted by Crippen LogP contribution is -2.15. The van der Waals surface area contributed by atoms with Crippen molar-refractivity contribution in [1.82, 2.24) is 0 Å². The van der Waals surface area contributed by atoms with E-state index in [9.17, 15) is 0 Å². The summed E-state index contributed by atoms with van der Waals surface area (Å²) < 4.78 is 13.5. The van der Waals surface area contributed by atoms with Crippen LogP contribution >= 0.6 is 22.6 Å². The molecule has 4 nitrogen and oxygen atoms in total. The Morgan fingerprint density at radius 1 is 0.418 bits per heavy atom. The van der Waals surface area contributed by atoms with Crippen LogP contribution in [0.4, 0.5) is 17.1 Å². The van der Waals surface area contributed by atoms with Gasteiger partial charge in [-0.3, -0.25) is 0 Å². The van der Waals surface area contributed by atoms with Gasteiger partial charge in [0.05, 0.1) is 9.26 Å². The first-order valence-electron chi connectivity index (χ1n) is 22.9. The molecule has 0 amide bonds. The van der Waals surface area contributed by atoms with Crippen LogP contribution in [-0.2, 0) is 10.8 Å². The lowest BCUT2D eigenvalue weighted by molar-refractivity contribution is 0.660. The normalized spacial score (nSPS) is 13.7. The van der Waals surface area contributed by atoms with E-state index >= 15 is 0 Å². The third-order valence-corrected chi connectivity index (χ3v) is 15.0. The van der Waals surface area contributed by atoms with Gasteiger partial charge in [0, 0.05) is 43.7 Å². The number of rotatable bonds is 2. The third-order valence-electron chi connectivity index (χ3n) is 14.2. The summed E-state index contributed by atoms with van der Waals surface area (Å²) in [7, 11) is 0. The zero-order valence-electron chi connectivity index (χ0n) is 37.7. The molecule has 2 heterocycles. The predicted molar refractivity (Wildman–Crippen MR) is 291 cm³/mol. The van der Waals surface area contributed by atoms with Crippen LogP contribution in [0.25, 0.3) is 87.7 Å². The second kappa shape index (κ2) is 15.6. The fraction of sp³-hybridized carbons (Fsp3) is 0.0968. The molecule has 2 aliphatic rings. The van der Waals surface area contributed by atoms with Crippen LogP contribution in [0, 0.1) is 3.57 Å². The SMILES string of the molecule is CC1(C)c2ccccc2-c2ccc(N)cc21.CC1(C)c2ccccc2-c2ccc(Nc3cc4ccccc4c4c3oc3ccccc34)cc21.Ic1cc2ccccc2c2c1oc1ccccc12. The Labute approximate surface area is 403 Å². The van der Waals surface area contributed by atoms with Crippen molar-refractivity contribution in [2.75, 3.05) is 11.1 Å². The molecule has 324 valence electrons. The number of para-hydroxylation sites is 2. The number of hydrogen-bond donors (Lipinski definition) is 2. The Morgan fingerprint density at radius 3 is 1.48 bits per heavy atom. The number of hydrogen-bond acceptors (Lipinski definition) is 4. The van der Waals surface area contributed by atoms with Crippen molar-refractivity contribution in [3.8, 4) is 22.3 Å². The number of nitrogens with two attached hydrogens (primary N) is 1. The van der Waals surface area contributed by atoms with Crippen molar-refractivity contribution in [3.63, 3.8) is 0 Å². The fourth-order valence-electron chi connectivity index (χ4n) is 10.9. The molecule has 0 atom stereocenters. The lowest BCUT2D eigenvalue weighted by Gasteiger charge is -2.22. The first kappa shape index (κ1) is 41.1. The Balaban J connectivity index is 0.000000116. The first-order chi connectivity index (χ1) is 32.6. The highest BCUT2D eigenvalue weighted by Crippen LogP contribution is 2.51. The molecule has 14 rings (SSSR count). The molecule has 5 heteroatoms. The minimum atomic E-state index is -0.0261. The lowest BCUT2D eigenvalue weighted by atomic mass is 9.82. The zero-order valence-corrected chi connectivity index (χ0v) is 39.9. The maximum absolute atomic E-state index is 6.39. The highest BCUT2D eigenvalue weighted by atomic mass is 127. The minimum absolute atomic E-state index is 0.0261. The monoisotopic (exact) mass is 978 g/mol. The van der Waals surface area contributed by atoms with Crippen LogP contribution in [0.15, 0.2) is 203 Å². The molecule has 2 aliphatic carbocycles. The molecular formula is C62H47IN2O2. The molecule has 0 bridgehead atoms. The van der Waals surface area contributed by atoms with Gasteiger partial charge in [0.25, 0.3) is 0 Å². The van der Waals surface area contributed by atoms with Gasteiger partial charge in [0.2, 0.25) is 0 Å². The highest BCUT2D eigenvalue weighted by molar-refractivity contribution is 14.1. The van der Waals surface area contributed by atoms with Crippen molar-refractivity contribution in [3.05, 3.63) is 220 Å². The molecule has 0 aliphatic heterocycles. The summed E-state index contributed by atoms with van der Waals surface area (Å²) in [4.78, 5) is 0. The molecule has 0 saturated carbocycles. The summed E-state index contributed by atoms with van der Waals surface area (Å²) >= 11 is 2.35. The fourth-order valence-corrected chi connectivity index (χ4v) is 11.6. The van der Waals surface area contributed by atoms with E-state index in [1.54, 1.807) is 0 Å². The summed E-state index contributed by atoms with van der Waals surface area (Å²) in [5, 5.41) is 13.4. The number of benzene rings is 10. The predicted octanol–water partition coefficient (Wildman–Crippen LogP) is 17.7. The van der Waals surface area contributed by atoms with Gasteiger partial charge in [0.1, 0.15) is 16.7 Å². The maximum atomic E-state index is 6.39. The highest BCUT2D eigenvalue weighted by Gasteiger charge is 2.36. The van der Waals surface area contributed by atoms with Gasteiger partial charge >= 0.3 is 0 Å². The Bertz CT molecular complexity index is 3950. The summed E-state index contributed by atoms with van der Waals surface area (Å²) in [6, 6.07) is 68.2. The molecule has 0 fully saturated rings. The van der Waals surface area contributed by atoms with E-state index in [0.717, 1.165) is 48.4 Å². The number of nitrogen functional groups attached to an aromatic ring is 1. The van der Waals surface area contributed by atoms with Gasteiger partial charge in [-0.15, -0.1) is 0 Å². The summed E-state index contributed by atoms with van der Waals surface area (Å²) in [6.45, 7) is 9.15. The molecule has 67 heavy (non-hydrogen) atoms. The van der Waals surface area contributed by atoms with E-state index in [2.05, 4.69) is 219 Å². The van der Waals surface area contributed by atoms with Gasteiger partial charge in [-0.25, -0.2) is 0 Å². The maximum Gasteiger partial charge on any atom is 0.159 e. The van der Waals surface area contributed by atoms with E-state index in [1.165, 1.54) is 82.2 Å². The summed E-state index contributed by atoms with van der Waals surface area (Å²) in [5.74, 6) is 0. The van der Waals surface area contributed by atoms with Crippen LogP contribution in [0.2, 0.25) is 0 Å². The largest absolute Gasteiger partial charge is 0.455 e. The smallest absolute Gasteiger partial charge is 0.159 e. The van der Waals surface area contributed by atoms with Crippen molar-refractivity contribution in [2.24, 2.45) is 0 Å². The van der Waals surface area contributed by atoms with Crippen molar-refractivity contribution < 1.29 is 8.83 Å². The Hall–Kier alpha value is -7.35. The van der Waals surface area contributed by atoms with E-state index in [-0.39, 0.29) is 10.8 Å². The van der Waals surface area contributed by atoms with Gasteiger partial charge in [0.15, 0.2) is 5.58 Å². The van der Waals surface area contributed by atoms with Gasteiger partial charge in [-0.1, -0.05) is 173 Å². The van der Waals surface area contributed by atoms with Crippen molar-refractivity contribution in [2.45, 2.75) is 38.5 Å². The van der Waals surface area contributed by atoms with Crippen LogP contribution < -0.4 is 11.1 Å². The molecule has 0 unspecified atom stereocenters. The summed E-state index contributed by atoms with van der Waals surface area (Å²) in [6.07, 6.45) is 0. The van der Waals surface area contributed by atoms with E-state index in [0.29, 0.717) is 0 Å².